The summed E-state index contributed by atoms with van der Waals surface area (Å²) in [7, 11) is 1.65. The van der Waals surface area contributed by atoms with Crippen molar-refractivity contribution in [3.05, 3.63) is 102 Å². The Balaban J connectivity index is 1.77. The summed E-state index contributed by atoms with van der Waals surface area (Å²) >= 11 is 0. The number of nitrogens with one attached hydrogen (secondary N) is 1. The van der Waals surface area contributed by atoms with Crippen molar-refractivity contribution in [3.63, 3.8) is 0 Å². The van der Waals surface area contributed by atoms with Gasteiger partial charge in [0, 0.05) is 17.9 Å². The fourth-order valence-electron chi connectivity index (χ4n) is 3.39. The zero-order valence-corrected chi connectivity index (χ0v) is 15.8. The van der Waals surface area contributed by atoms with Gasteiger partial charge in [0.15, 0.2) is 0 Å². The standard InChI is InChI=1S/C24H25NO2/c1-18(21-15-9-10-16-23(21)27-2)25-24(26)17-22(19-11-5-3-6-12-19)20-13-7-4-8-14-20/h3-16,18,22H,17H2,1-2H3,(H,25,26)/t18-/m1/s1. The van der Waals surface area contributed by atoms with Gasteiger partial charge in [0.25, 0.3) is 0 Å². The van der Waals surface area contributed by atoms with Crippen molar-refractivity contribution in [2.45, 2.75) is 25.3 Å². The maximum Gasteiger partial charge on any atom is 0.221 e. The van der Waals surface area contributed by atoms with E-state index in [1.54, 1.807) is 7.11 Å². The van der Waals surface area contributed by atoms with Crippen LogP contribution in [0.3, 0.4) is 0 Å². The average Bonchev–Trinajstić information content (AvgIpc) is 2.73. The average molecular weight is 359 g/mol. The fourth-order valence-corrected chi connectivity index (χ4v) is 3.39. The van der Waals surface area contributed by atoms with E-state index < -0.39 is 0 Å². The molecule has 1 atom stereocenters. The largest absolute Gasteiger partial charge is 0.496 e. The van der Waals surface area contributed by atoms with Gasteiger partial charge in [-0.3, -0.25) is 4.79 Å². The van der Waals surface area contributed by atoms with Gasteiger partial charge in [-0.2, -0.15) is 0 Å². The van der Waals surface area contributed by atoms with Crippen LogP contribution in [0.1, 0.15) is 42.0 Å². The highest BCUT2D eigenvalue weighted by atomic mass is 16.5. The molecule has 27 heavy (non-hydrogen) atoms. The second-order valence-corrected chi connectivity index (χ2v) is 6.61. The summed E-state index contributed by atoms with van der Waals surface area (Å²) in [6.45, 7) is 1.98. The van der Waals surface area contributed by atoms with Crippen molar-refractivity contribution >= 4 is 5.91 Å². The molecule has 0 aliphatic carbocycles. The van der Waals surface area contributed by atoms with Crippen LogP contribution in [0.5, 0.6) is 5.75 Å². The fraction of sp³-hybridized carbons (Fsp3) is 0.208. The first kappa shape index (κ1) is 18.7. The van der Waals surface area contributed by atoms with Gasteiger partial charge in [-0.1, -0.05) is 78.9 Å². The number of carbonyl (C=O) groups excluding carboxylic acids is 1. The predicted molar refractivity (Wildman–Crippen MR) is 109 cm³/mol. The van der Waals surface area contributed by atoms with E-state index in [0.29, 0.717) is 6.42 Å². The molecule has 0 unspecified atom stereocenters. The monoisotopic (exact) mass is 359 g/mol. The van der Waals surface area contributed by atoms with E-state index in [0.717, 1.165) is 22.4 Å². The van der Waals surface area contributed by atoms with E-state index >= 15 is 0 Å². The Morgan fingerprint density at radius 1 is 0.852 bits per heavy atom. The molecule has 138 valence electrons. The quantitative estimate of drug-likeness (QED) is 0.638. The van der Waals surface area contributed by atoms with Gasteiger partial charge < -0.3 is 10.1 Å². The Morgan fingerprint density at radius 2 is 1.37 bits per heavy atom. The summed E-state index contributed by atoms with van der Waals surface area (Å²) in [6.07, 6.45) is 0.396. The topological polar surface area (TPSA) is 38.3 Å². The lowest BCUT2D eigenvalue weighted by atomic mass is 9.88. The summed E-state index contributed by atoms with van der Waals surface area (Å²) in [5.74, 6) is 0.830. The first-order valence-corrected chi connectivity index (χ1v) is 9.21. The van der Waals surface area contributed by atoms with Crippen LogP contribution in [0.15, 0.2) is 84.9 Å². The van der Waals surface area contributed by atoms with Crippen LogP contribution in [0.25, 0.3) is 0 Å². The summed E-state index contributed by atoms with van der Waals surface area (Å²) < 4.78 is 5.42. The first-order valence-electron chi connectivity index (χ1n) is 9.21. The van der Waals surface area contributed by atoms with Crippen molar-refractivity contribution in [1.29, 1.82) is 0 Å². The molecule has 3 aromatic carbocycles. The molecule has 0 aliphatic heterocycles. The minimum absolute atomic E-state index is 0.0195. The number of hydrogen-bond acceptors (Lipinski definition) is 2. The van der Waals surface area contributed by atoms with Crippen LogP contribution >= 0.6 is 0 Å². The molecule has 0 aliphatic rings. The second-order valence-electron chi connectivity index (χ2n) is 6.61. The van der Waals surface area contributed by atoms with Gasteiger partial charge in [0.05, 0.1) is 13.2 Å². The summed E-state index contributed by atoms with van der Waals surface area (Å²) in [5, 5.41) is 3.12. The van der Waals surface area contributed by atoms with Crippen LogP contribution in [0.4, 0.5) is 0 Å². The SMILES string of the molecule is COc1ccccc1[C@@H](C)NC(=O)CC(c1ccccc1)c1ccccc1. The molecule has 1 amide bonds. The van der Waals surface area contributed by atoms with Crippen LogP contribution in [0, 0.1) is 0 Å². The van der Waals surface area contributed by atoms with E-state index in [1.165, 1.54) is 0 Å². The maximum atomic E-state index is 12.8. The zero-order valence-electron chi connectivity index (χ0n) is 15.8. The zero-order chi connectivity index (χ0) is 19.1. The molecular formula is C24H25NO2. The molecule has 0 saturated heterocycles. The molecule has 3 rings (SSSR count). The lowest BCUT2D eigenvalue weighted by Gasteiger charge is -2.21. The van der Waals surface area contributed by atoms with Gasteiger partial charge in [-0.05, 0) is 24.1 Å². The third-order valence-electron chi connectivity index (χ3n) is 4.78. The van der Waals surface area contributed by atoms with Crippen LogP contribution in [0.2, 0.25) is 0 Å². The molecular weight excluding hydrogens is 334 g/mol. The summed E-state index contributed by atoms with van der Waals surface area (Å²) in [4.78, 5) is 12.8. The van der Waals surface area contributed by atoms with E-state index in [9.17, 15) is 4.79 Å². The summed E-state index contributed by atoms with van der Waals surface area (Å²) in [5.41, 5.74) is 3.26. The third kappa shape index (κ3) is 4.76. The minimum Gasteiger partial charge on any atom is -0.496 e. The molecule has 1 N–H and O–H groups in total. The second kappa shape index (κ2) is 9.04. The number of rotatable bonds is 7. The van der Waals surface area contributed by atoms with Crippen molar-refractivity contribution < 1.29 is 9.53 Å². The highest BCUT2D eigenvalue weighted by Gasteiger charge is 2.20. The lowest BCUT2D eigenvalue weighted by molar-refractivity contribution is -0.121. The smallest absolute Gasteiger partial charge is 0.221 e. The number of para-hydroxylation sites is 1. The molecule has 3 heteroatoms. The Bertz CT molecular complexity index is 822. The Labute approximate surface area is 161 Å². The number of amides is 1. The normalized spacial score (nSPS) is 11.8. The Morgan fingerprint density at radius 3 is 1.93 bits per heavy atom. The number of benzene rings is 3. The maximum absolute atomic E-state index is 12.8. The Kier molecular flexibility index (Phi) is 6.26. The van der Waals surface area contributed by atoms with E-state index in [4.69, 9.17) is 4.74 Å². The number of hydrogen-bond donors (Lipinski definition) is 1. The van der Waals surface area contributed by atoms with Crippen molar-refractivity contribution in [1.82, 2.24) is 5.32 Å². The van der Waals surface area contributed by atoms with Gasteiger partial charge in [-0.15, -0.1) is 0 Å². The van der Waals surface area contributed by atoms with Crippen LogP contribution < -0.4 is 10.1 Å². The van der Waals surface area contributed by atoms with Crippen LogP contribution in [-0.4, -0.2) is 13.0 Å². The third-order valence-corrected chi connectivity index (χ3v) is 4.78. The predicted octanol–water partition coefficient (Wildman–Crippen LogP) is 5.09. The molecule has 0 aromatic heterocycles. The van der Waals surface area contributed by atoms with Gasteiger partial charge in [0.1, 0.15) is 5.75 Å². The lowest BCUT2D eigenvalue weighted by Crippen LogP contribution is -2.28. The minimum atomic E-state index is -0.124. The number of carbonyl (C=O) groups is 1. The molecule has 3 aromatic rings. The molecule has 0 heterocycles. The highest BCUT2D eigenvalue weighted by molar-refractivity contribution is 5.78. The van der Waals surface area contributed by atoms with Gasteiger partial charge >= 0.3 is 0 Å². The van der Waals surface area contributed by atoms with E-state index in [1.807, 2.05) is 67.6 Å². The molecule has 0 radical (unpaired) electrons. The molecule has 0 saturated carbocycles. The molecule has 0 bridgehead atoms. The molecule has 3 nitrogen and oxygen atoms in total. The Hall–Kier alpha value is -3.07. The van der Waals surface area contributed by atoms with E-state index in [2.05, 4.69) is 29.6 Å². The molecule has 0 fully saturated rings. The van der Waals surface area contributed by atoms with E-state index in [-0.39, 0.29) is 17.9 Å². The number of methoxy groups -OCH3 is 1. The van der Waals surface area contributed by atoms with Crippen LogP contribution in [-0.2, 0) is 4.79 Å². The van der Waals surface area contributed by atoms with Gasteiger partial charge in [0.2, 0.25) is 5.91 Å². The van der Waals surface area contributed by atoms with Crippen molar-refractivity contribution in [2.24, 2.45) is 0 Å². The first-order chi connectivity index (χ1) is 13.2. The van der Waals surface area contributed by atoms with Crippen molar-refractivity contribution in [2.75, 3.05) is 7.11 Å². The molecule has 0 spiro atoms. The number of ether oxygens (including phenoxy) is 1. The summed E-state index contributed by atoms with van der Waals surface area (Å²) in [6, 6.07) is 28.0. The highest BCUT2D eigenvalue weighted by Crippen LogP contribution is 2.29. The van der Waals surface area contributed by atoms with Gasteiger partial charge in [-0.25, -0.2) is 0 Å². The van der Waals surface area contributed by atoms with Crippen molar-refractivity contribution in [3.8, 4) is 5.75 Å².